The minimum Gasteiger partial charge on any atom is -0.258 e. The van der Waals surface area contributed by atoms with E-state index in [4.69, 9.17) is 11.6 Å². The van der Waals surface area contributed by atoms with E-state index in [1.165, 1.54) is 6.08 Å². The molecular weight excluding hydrogens is 253 g/mol. The van der Waals surface area contributed by atoms with Gasteiger partial charge in [-0.25, -0.2) is 14.4 Å². The van der Waals surface area contributed by atoms with Crippen LogP contribution in [0, 0.1) is 0 Å². The van der Waals surface area contributed by atoms with Gasteiger partial charge in [-0.15, -0.1) is 0 Å². The highest BCUT2D eigenvalue weighted by Gasteiger charge is 2.13. The largest absolute Gasteiger partial charge is 0.258 e. The highest BCUT2D eigenvalue weighted by atomic mass is 35.5. The first-order valence-electron chi connectivity index (χ1n) is 5.53. The van der Waals surface area contributed by atoms with Crippen molar-refractivity contribution in [2.45, 2.75) is 26.7 Å². The average molecular weight is 268 g/mol. The number of nitrogens with zero attached hydrogens (tertiary/aromatic N) is 3. The molecule has 96 valence electrons. The summed E-state index contributed by atoms with van der Waals surface area (Å²) in [5, 5.41) is 0.310. The summed E-state index contributed by atoms with van der Waals surface area (Å²) < 4.78 is 13.7. The summed E-state index contributed by atoms with van der Waals surface area (Å²) in [5.74, 6) is -0.202. The standard InChI is InChI=1S/C13H15ClFN3/c1-5-6-10(15)11(16-4)13-17-7-9(8(2)3)12(14)18-13/h5-8H,4H2,1-3H3/b6-5-,11-10+. The molecule has 1 rings (SSSR count). The minimum absolute atomic E-state index is 0.00898. The van der Waals surface area contributed by atoms with E-state index in [9.17, 15) is 4.39 Å². The van der Waals surface area contributed by atoms with Gasteiger partial charge in [-0.3, -0.25) is 4.99 Å². The van der Waals surface area contributed by atoms with Gasteiger partial charge in [0.2, 0.25) is 0 Å². The van der Waals surface area contributed by atoms with Gasteiger partial charge in [-0.1, -0.05) is 31.5 Å². The van der Waals surface area contributed by atoms with Crippen LogP contribution in [0.2, 0.25) is 5.15 Å². The molecule has 1 aromatic heterocycles. The molecule has 1 heterocycles. The van der Waals surface area contributed by atoms with Crippen LogP contribution >= 0.6 is 11.6 Å². The first kappa shape index (κ1) is 14.5. The lowest BCUT2D eigenvalue weighted by Gasteiger charge is -2.08. The third-order valence-electron chi connectivity index (χ3n) is 2.30. The van der Waals surface area contributed by atoms with Crippen LogP contribution in [-0.4, -0.2) is 16.7 Å². The molecule has 0 aliphatic rings. The first-order valence-corrected chi connectivity index (χ1v) is 5.91. The van der Waals surface area contributed by atoms with Gasteiger partial charge in [0, 0.05) is 11.8 Å². The fourth-order valence-electron chi connectivity index (χ4n) is 1.35. The predicted octanol–water partition coefficient (Wildman–Crippen LogP) is 4.17. The molecule has 0 bridgehead atoms. The van der Waals surface area contributed by atoms with E-state index in [1.54, 1.807) is 19.2 Å². The summed E-state index contributed by atoms with van der Waals surface area (Å²) in [4.78, 5) is 11.7. The summed E-state index contributed by atoms with van der Waals surface area (Å²) in [6.07, 6.45) is 4.42. The van der Waals surface area contributed by atoms with Crippen molar-refractivity contribution in [1.29, 1.82) is 0 Å². The van der Waals surface area contributed by atoms with Gasteiger partial charge < -0.3 is 0 Å². The molecule has 1 aromatic rings. The summed E-state index contributed by atoms with van der Waals surface area (Å²) in [6.45, 7) is 8.99. The topological polar surface area (TPSA) is 38.1 Å². The lowest BCUT2D eigenvalue weighted by Crippen LogP contribution is -1.99. The Morgan fingerprint density at radius 1 is 1.56 bits per heavy atom. The monoisotopic (exact) mass is 267 g/mol. The molecule has 3 nitrogen and oxygen atoms in total. The molecule has 0 fully saturated rings. The zero-order valence-corrected chi connectivity index (χ0v) is 11.4. The third-order valence-corrected chi connectivity index (χ3v) is 2.60. The number of halogens is 2. The van der Waals surface area contributed by atoms with Crippen molar-refractivity contribution in [3.8, 4) is 0 Å². The summed E-state index contributed by atoms with van der Waals surface area (Å²) >= 11 is 6.03. The normalized spacial score (nSPS) is 13.0. The Bertz CT molecular complexity index is 507. The second-order valence-corrected chi connectivity index (χ2v) is 4.31. The summed E-state index contributed by atoms with van der Waals surface area (Å²) in [7, 11) is 0. The SMILES string of the molecule is C=N/C(=C(F)\C=C/C)c1ncc(C(C)C)c(Cl)n1. The van der Waals surface area contributed by atoms with Gasteiger partial charge in [0.15, 0.2) is 11.7 Å². The number of hydrogen-bond acceptors (Lipinski definition) is 3. The Hall–Kier alpha value is -1.55. The number of allylic oxidation sites excluding steroid dienone is 3. The van der Waals surface area contributed by atoms with Gasteiger partial charge in [-0.05, 0) is 25.6 Å². The van der Waals surface area contributed by atoms with Crippen molar-refractivity contribution in [3.05, 3.63) is 40.7 Å². The number of aromatic nitrogens is 2. The maximum atomic E-state index is 13.7. The third kappa shape index (κ3) is 3.23. The zero-order chi connectivity index (χ0) is 13.7. The molecule has 5 heteroatoms. The van der Waals surface area contributed by atoms with E-state index in [2.05, 4.69) is 21.7 Å². The Morgan fingerprint density at radius 3 is 2.67 bits per heavy atom. The lowest BCUT2D eigenvalue weighted by molar-refractivity contribution is 0.666. The number of aliphatic imine (C=N–C) groups is 1. The molecule has 0 radical (unpaired) electrons. The minimum atomic E-state index is -0.541. The van der Waals surface area contributed by atoms with Crippen LogP contribution in [0.15, 0.2) is 29.2 Å². The van der Waals surface area contributed by atoms with Crippen molar-refractivity contribution in [2.75, 3.05) is 0 Å². The van der Waals surface area contributed by atoms with Gasteiger partial charge in [0.25, 0.3) is 0 Å². The Morgan fingerprint density at radius 2 is 2.22 bits per heavy atom. The van der Waals surface area contributed by atoms with E-state index in [1.807, 2.05) is 13.8 Å². The lowest BCUT2D eigenvalue weighted by atomic mass is 10.1. The molecule has 18 heavy (non-hydrogen) atoms. The van der Waals surface area contributed by atoms with Crippen LogP contribution < -0.4 is 0 Å². The molecule has 0 aliphatic heterocycles. The zero-order valence-electron chi connectivity index (χ0n) is 10.6. The molecule has 0 atom stereocenters. The average Bonchev–Trinajstić information content (AvgIpc) is 2.29. The van der Waals surface area contributed by atoms with Crippen molar-refractivity contribution >= 4 is 24.0 Å². The summed E-state index contributed by atoms with van der Waals surface area (Å²) in [5.41, 5.74) is 0.806. The van der Waals surface area contributed by atoms with Gasteiger partial charge in [-0.2, -0.15) is 0 Å². The molecule has 0 saturated heterocycles. The van der Waals surface area contributed by atoms with Crippen molar-refractivity contribution in [3.63, 3.8) is 0 Å². The van der Waals surface area contributed by atoms with Gasteiger partial charge in [0.1, 0.15) is 10.9 Å². The first-order chi connectivity index (χ1) is 8.51. The Labute approximate surface area is 111 Å². The van der Waals surface area contributed by atoms with E-state index in [0.29, 0.717) is 5.15 Å². The van der Waals surface area contributed by atoms with Crippen LogP contribution in [0.5, 0.6) is 0 Å². The molecule has 0 N–H and O–H groups in total. The van der Waals surface area contributed by atoms with E-state index >= 15 is 0 Å². The highest BCUT2D eigenvalue weighted by Crippen LogP contribution is 2.25. The molecule has 0 unspecified atom stereocenters. The van der Waals surface area contributed by atoms with Gasteiger partial charge >= 0.3 is 0 Å². The quantitative estimate of drug-likeness (QED) is 0.466. The van der Waals surface area contributed by atoms with Crippen molar-refractivity contribution in [2.24, 2.45) is 4.99 Å². The van der Waals surface area contributed by atoms with E-state index < -0.39 is 5.83 Å². The molecule has 0 aliphatic carbocycles. The predicted molar refractivity (Wildman–Crippen MR) is 73.5 cm³/mol. The fourth-order valence-corrected chi connectivity index (χ4v) is 1.70. The fraction of sp³-hybridized carbons (Fsp3) is 0.308. The second kappa shape index (κ2) is 6.40. The van der Waals surface area contributed by atoms with Crippen LogP contribution in [0.1, 0.15) is 38.1 Å². The van der Waals surface area contributed by atoms with Crippen LogP contribution in [0.3, 0.4) is 0 Å². The second-order valence-electron chi connectivity index (χ2n) is 3.95. The molecule has 0 amide bonds. The molecule has 0 spiro atoms. The van der Waals surface area contributed by atoms with Crippen LogP contribution in [0.25, 0.3) is 5.70 Å². The number of hydrogen-bond donors (Lipinski definition) is 0. The molecule has 0 aromatic carbocycles. The molecular formula is C13H15ClFN3. The Kier molecular flexibility index (Phi) is 5.16. The van der Waals surface area contributed by atoms with E-state index in [0.717, 1.165) is 5.56 Å². The van der Waals surface area contributed by atoms with Crippen molar-refractivity contribution < 1.29 is 4.39 Å². The number of rotatable bonds is 4. The highest BCUT2D eigenvalue weighted by molar-refractivity contribution is 6.30. The van der Waals surface area contributed by atoms with Crippen molar-refractivity contribution in [1.82, 2.24) is 9.97 Å². The molecule has 0 saturated carbocycles. The van der Waals surface area contributed by atoms with Crippen LogP contribution in [-0.2, 0) is 0 Å². The smallest absolute Gasteiger partial charge is 0.182 e. The Balaban J connectivity index is 3.29. The van der Waals surface area contributed by atoms with Gasteiger partial charge in [0.05, 0.1) is 0 Å². The maximum absolute atomic E-state index is 13.7. The van der Waals surface area contributed by atoms with Crippen LogP contribution in [0.4, 0.5) is 4.39 Å². The maximum Gasteiger partial charge on any atom is 0.182 e. The van der Waals surface area contributed by atoms with E-state index in [-0.39, 0.29) is 17.4 Å². The summed E-state index contributed by atoms with van der Waals surface area (Å²) in [6, 6.07) is 0.